The molecule has 23 heavy (non-hydrogen) atoms. The Bertz CT molecular complexity index is 399. The van der Waals surface area contributed by atoms with Crippen molar-refractivity contribution in [2.75, 3.05) is 66.6 Å². The van der Waals surface area contributed by atoms with E-state index in [0.29, 0.717) is 10.8 Å². The van der Waals surface area contributed by atoms with Gasteiger partial charge in [0.05, 0.1) is 6.61 Å². The molecular weight excluding hydrogens is 286 g/mol. The molecule has 0 aromatic carbocycles. The van der Waals surface area contributed by atoms with E-state index >= 15 is 0 Å². The predicted octanol–water partition coefficient (Wildman–Crippen LogP) is 1.91. The quantitative estimate of drug-likeness (QED) is 0.770. The van der Waals surface area contributed by atoms with Crippen LogP contribution >= 0.6 is 0 Å². The monoisotopic (exact) mass is 321 g/mol. The van der Waals surface area contributed by atoms with Crippen LogP contribution in [0, 0.1) is 10.8 Å². The van der Waals surface area contributed by atoms with E-state index in [-0.39, 0.29) is 0 Å². The van der Waals surface area contributed by atoms with Gasteiger partial charge in [-0.2, -0.15) is 0 Å². The molecule has 4 aliphatic rings. The first-order valence-electron chi connectivity index (χ1n) is 9.76. The summed E-state index contributed by atoms with van der Waals surface area (Å²) in [6, 6.07) is 0.901. The highest BCUT2D eigenvalue weighted by Gasteiger charge is 2.50. The van der Waals surface area contributed by atoms with Crippen molar-refractivity contribution in [2.24, 2.45) is 10.8 Å². The molecule has 2 aliphatic heterocycles. The Labute approximate surface area is 142 Å². The number of hydrogen-bond acceptors (Lipinski definition) is 4. The minimum absolute atomic E-state index is 0.529. The Morgan fingerprint density at radius 3 is 2.13 bits per heavy atom. The molecular formula is C19H35N3O. The number of likely N-dealkylation sites (tertiary alicyclic amines) is 1. The van der Waals surface area contributed by atoms with Gasteiger partial charge < -0.3 is 14.5 Å². The Balaban J connectivity index is 1.20. The maximum Gasteiger partial charge on any atom is 0.0530 e. The maximum absolute atomic E-state index is 5.44. The summed E-state index contributed by atoms with van der Waals surface area (Å²) in [7, 11) is 4.11. The summed E-state index contributed by atoms with van der Waals surface area (Å²) in [5, 5.41) is 0. The standard InChI is InChI=1S/C19H35N3O/c1-20-9-11-22(12-10-20)17-13-18(14-17)5-7-21(8-6-18)15-19(3-4-19)16-23-2/h17H,3-16H2,1-2H3. The van der Waals surface area contributed by atoms with Gasteiger partial charge in [-0.3, -0.25) is 4.90 Å². The molecule has 2 aliphatic carbocycles. The summed E-state index contributed by atoms with van der Waals surface area (Å²) < 4.78 is 5.44. The first-order chi connectivity index (χ1) is 11.1. The molecule has 0 unspecified atom stereocenters. The summed E-state index contributed by atoms with van der Waals surface area (Å²) in [6.07, 6.45) is 8.62. The van der Waals surface area contributed by atoms with Crippen molar-refractivity contribution in [2.45, 2.75) is 44.6 Å². The number of hydrogen-bond donors (Lipinski definition) is 0. The Morgan fingerprint density at radius 1 is 0.913 bits per heavy atom. The lowest BCUT2D eigenvalue weighted by Crippen LogP contribution is -2.58. The smallest absolute Gasteiger partial charge is 0.0530 e. The average Bonchev–Trinajstić information content (AvgIpc) is 3.27. The van der Waals surface area contributed by atoms with E-state index in [4.69, 9.17) is 4.74 Å². The second-order valence-corrected chi connectivity index (χ2v) is 9.11. The largest absolute Gasteiger partial charge is 0.384 e. The van der Waals surface area contributed by atoms with Crippen LogP contribution in [0.3, 0.4) is 0 Å². The van der Waals surface area contributed by atoms with Crippen LogP contribution in [-0.2, 0) is 4.74 Å². The van der Waals surface area contributed by atoms with Crippen molar-refractivity contribution in [1.29, 1.82) is 0 Å². The molecule has 0 bridgehead atoms. The fourth-order valence-corrected chi connectivity index (χ4v) is 5.28. The molecule has 2 heterocycles. The molecule has 4 heteroatoms. The van der Waals surface area contributed by atoms with Crippen molar-refractivity contribution in [3.63, 3.8) is 0 Å². The van der Waals surface area contributed by atoms with Crippen LogP contribution < -0.4 is 0 Å². The number of piperidine rings is 1. The first kappa shape index (κ1) is 16.3. The van der Waals surface area contributed by atoms with E-state index in [1.165, 1.54) is 84.3 Å². The molecule has 1 spiro atoms. The lowest BCUT2D eigenvalue weighted by Gasteiger charge is -2.56. The van der Waals surface area contributed by atoms with Gasteiger partial charge in [-0.15, -0.1) is 0 Å². The van der Waals surface area contributed by atoms with E-state index in [0.717, 1.165) is 12.6 Å². The molecule has 2 saturated heterocycles. The minimum Gasteiger partial charge on any atom is -0.384 e. The van der Waals surface area contributed by atoms with Gasteiger partial charge in [-0.1, -0.05) is 0 Å². The average molecular weight is 322 g/mol. The van der Waals surface area contributed by atoms with Crippen molar-refractivity contribution in [1.82, 2.24) is 14.7 Å². The zero-order chi connectivity index (χ0) is 15.9. The minimum atomic E-state index is 0.529. The van der Waals surface area contributed by atoms with Gasteiger partial charge >= 0.3 is 0 Å². The highest BCUT2D eigenvalue weighted by Crippen LogP contribution is 2.52. The van der Waals surface area contributed by atoms with Crippen LogP contribution in [0.25, 0.3) is 0 Å². The van der Waals surface area contributed by atoms with Gasteiger partial charge in [0.2, 0.25) is 0 Å². The summed E-state index contributed by atoms with van der Waals surface area (Å²) in [5.41, 5.74) is 1.24. The SMILES string of the molecule is COCC1(CN2CCC3(CC2)CC(N2CCN(C)CC2)C3)CC1. The van der Waals surface area contributed by atoms with Gasteiger partial charge in [0, 0.05) is 51.3 Å². The Hall–Kier alpha value is -0.160. The van der Waals surface area contributed by atoms with Crippen LogP contribution in [0.15, 0.2) is 0 Å². The fraction of sp³-hybridized carbons (Fsp3) is 1.00. The fourth-order valence-electron chi connectivity index (χ4n) is 5.28. The van der Waals surface area contributed by atoms with Gasteiger partial charge in [0.1, 0.15) is 0 Å². The highest BCUT2D eigenvalue weighted by molar-refractivity contribution is 5.03. The molecule has 4 fully saturated rings. The van der Waals surface area contributed by atoms with E-state index in [1.807, 2.05) is 7.11 Å². The topological polar surface area (TPSA) is 19.0 Å². The summed E-state index contributed by atoms with van der Waals surface area (Å²) in [4.78, 5) is 7.98. The van der Waals surface area contributed by atoms with Crippen LogP contribution in [0.4, 0.5) is 0 Å². The number of methoxy groups -OCH3 is 1. The molecule has 132 valence electrons. The van der Waals surface area contributed by atoms with Crippen LogP contribution in [0.5, 0.6) is 0 Å². The lowest BCUT2D eigenvalue weighted by atomic mass is 9.60. The van der Waals surface area contributed by atoms with Crippen molar-refractivity contribution in [3.05, 3.63) is 0 Å². The van der Waals surface area contributed by atoms with E-state index in [9.17, 15) is 0 Å². The van der Waals surface area contributed by atoms with Crippen LogP contribution in [0.1, 0.15) is 38.5 Å². The third-order valence-corrected chi connectivity index (χ3v) is 7.27. The summed E-state index contributed by atoms with van der Waals surface area (Å²) >= 11 is 0. The number of ether oxygens (including phenoxy) is 1. The summed E-state index contributed by atoms with van der Waals surface area (Å²) in [6.45, 7) is 10.0. The molecule has 4 nitrogen and oxygen atoms in total. The van der Waals surface area contributed by atoms with Gasteiger partial charge in [-0.25, -0.2) is 0 Å². The Morgan fingerprint density at radius 2 is 1.57 bits per heavy atom. The van der Waals surface area contributed by atoms with Crippen molar-refractivity contribution >= 4 is 0 Å². The van der Waals surface area contributed by atoms with Crippen LogP contribution in [-0.4, -0.2) is 87.3 Å². The number of nitrogens with zero attached hydrogens (tertiary/aromatic N) is 3. The molecule has 0 N–H and O–H groups in total. The highest BCUT2D eigenvalue weighted by atomic mass is 16.5. The third-order valence-electron chi connectivity index (χ3n) is 7.27. The van der Waals surface area contributed by atoms with Gasteiger partial charge in [-0.05, 0) is 64.1 Å². The van der Waals surface area contributed by atoms with Crippen molar-refractivity contribution in [3.8, 4) is 0 Å². The van der Waals surface area contributed by atoms with E-state index < -0.39 is 0 Å². The molecule has 0 aromatic heterocycles. The van der Waals surface area contributed by atoms with Gasteiger partial charge in [0.15, 0.2) is 0 Å². The van der Waals surface area contributed by atoms with E-state index in [1.54, 1.807) is 0 Å². The molecule has 0 atom stereocenters. The van der Waals surface area contributed by atoms with Gasteiger partial charge in [0.25, 0.3) is 0 Å². The second kappa shape index (κ2) is 6.29. The first-order valence-corrected chi connectivity index (χ1v) is 9.76. The van der Waals surface area contributed by atoms with Crippen LogP contribution in [0.2, 0.25) is 0 Å². The zero-order valence-electron chi connectivity index (χ0n) is 15.2. The maximum atomic E-state index is 5.44. The lowest BCUT2D eigenvalue weighted by molar-refractivity contribution is -0.0571. The number of piperazine rings is 1. The second-order valence-electron chi connectivity index (χ2n) is 9.11. The molecule has 0 amide bonds. The number of likely N-dealkylation sites (N-methyl/N-ethyl adjacent to an activating group) is 1. The summed E-state index contributed by atoms with van der Waals surface area (Å²) in [5.74, 6) is 0. The Kier molecular flexibility index (Phi) is 4.46. The predicted molar refractivity (Wildman–Crippen MR) is 93.7 cm³/mol. The molecule has 0 radical (unpaired) electrons. The number of rotatable bonds is 5. The van der Waals surface area contributed by atoms with E-state index in [2.05, 4.69) is 21.7 Å². The normalized spacial score (nSPS) is 32.1. The molecule has 0 aromatic rings. The molecule has 2 saturated carbocycles. The third kappa shape index (κ3) is 3.46. The molecule has 4 rings (SSSR count). The van der Waals surface area contributed by atoms with Crippen molar-refractivity contribution < 1.29 is 4.74 Å². The zero-order valence-corrected chi connectivity index (χ0v) is 15.2.